The third-order valence-electron chi connectivity index (χ3n) is 3.89. The summed E-state index contributed by atoms with van der Waals surface area (Å²) in [6.07, 6.45) is 1.04. The van der Waals surface area contributed by atoms with Crippen LogP contribution in [0.4, 0.5) is 4.39 Å². The van der Waals surface area contributed by atoms with Crippen LogP contribution in [-0.4, -0.2) is 11.8 Å². The summed E-state index contributed by atoms with van der Waals surface area (Å²) in [6.45, 7) is 4.94. The van der Waals surface area contributed by atoms with Crippen LogP contribution in [0.15, 0.2) is 47.4 Å². The van der Waals surface area contributed by atoms with Gasteiger partial charge >= 0.3 is 0 Å². The number of benzene rings is 2. The second-order valence-electron chi connectivity index (χ2n) is 5.57. The smallest absolute Gasteiger partial charge is 0.123 e. The molecule has 0 aromatic heterocycles. The third kappa shape index (κ3) is 3.14. The predicted octanol–water partition coefficient (Wildman–Crippen LogP) is 4.50. The molecule has 2 aromatic carbocycles. The normalized spacial score (nSPS) is 18.5. The van der Waals surface area contributed by atoms with Crippen LogP contribution in [0.1, 0.15) is 29.7 Å². The lowest BCUT2D eigenvalue weighted by molar-refractivity contribution is 0.526. The van der Waals surface area contributed by atoms with Crippen LogP contribution in [0.5, 0.6) is 0 Å². The van der Waals surface area contributed by atoms with Gasteiger partial charge in [0.05, 0.1) is 0 Å². The fraction of sp³-hybridized carbons (Fsp3) is 0.333. The molecule has 0 saturated heterocycles. The molecule has 3 rings (SSSR count). The van der Waals surface area contributed by atoms with Crippen LogP contribution in [0, 0.1) is 12.7 Å². The van der Waals surface area contributed by atoms with Crippen LogP contribution < -0.4 is 5.32 Å². The summed E-state index contributed by atoms with van der Waals surface area (Å²) < 4.78 is 13.7. The van der Waals surface area contributed by atoms with Crippen LogP contribution in [-0.2, 0) is 6.42 Å². The molecule has 1 heterocycles. The molecule has 110 valence electrons. The summed E-state index contributed by atoms with van der Waals surface area (Å²) >= 11 is 1.91. The molecule has 0 spiro atoms. The first-order valence-corrected chi connectivity index (χ1v) is 8.30. The Hall–Kier alpha value is -1.32. The number of fused-ring (bicyclic) bond motifs is 1. The van der Waals surface area contributed by atoms with Crippen molar-refractivity contribution in [3.63, 3.8) is 0 Å². The van der Waals surface area contributed by atoms with E-state index in [0.29, 0.717) is 5.25 Å². The zero-order valence-electron chi connectivity index (χ0n) is 12.4. The maximum absolute atomic E-state index is 13.7. The number of thioether (sulfide) groups is 1. The Bertz CT molecular complexity index is 596. The molecule has 21 heavy (non-hydrogen) atoms. The van der Waals surface area contributed by atoms with Gasteiger partial charge in [0.25, 0.3) is 0 Å². The predicted molar refractivity (Wildman–Crippen MR) is 87.3 cm³/mol. The minimum absolute atomic E-state index is 0.145. The Morgan fingerprint density at radius 1 is 1.29 bits per heavy atom. The lowest BCUT2D eigenvalue weighted by Gasteiger charge is -2.24. The van der Waals surface area contributed by atoms with Crippen LogP contribution in [0.2, 0.25) is 0 Å². The molecule has 1 aliphatic rings. The van der Waals surface area contributed by atoms with Gasteiger partial charge < -0.3 is 5.32 Å². The number of rotatable bonds is 4. The van der Waals surface area contributed by atoms with Crippen molar-refractivity contribution in [1.82, 2.24) is 5.32 Å². The van der Waals surface area contributed by atoms with E-state index in [0.717, 1.165) is 24.1 Å². The van der Waals surface area contributed by atoms with Crippen molar-refractivity contribution in [2.24, 2.45) is 0 Å². The standard InChI is InChI=1S/C18H20FNS/c1-3-20-18(14-8-12(2)9-15(19)10-14)17-11-13-6-4-5-7-16(13)21-17/h4-10,17-18,20H,3,11H2,1-2H3. The third-order valence-corrected chi connectivity index (χ3v) is 5.29. The fourth-order valence-electron chi connectivity index (χ4n) is 3.02. The van der Waals surface area contributed by atoms with E-state index in [4.69, 9.17) is 0 Å². The molecule has 0 saturated carbocycles. The largest absolute Gasteiger partial charge is 0.309 e. The Morgan fingerprint density at radius 2 is 2.10 bits per heavy atom. The van der Waals surface area contributed by atoms with E-state index in [1.54, 1.807) is 12.1 Å². The summed E-state index contributed by atoms with van der Waals surface area (Å²) in [5.74, 6) is -0.145. The summed E-state index contributed by atoms with van der Waals surface area (Å²) in [6, 6.07) is 14.1. The first-order chi connectivity index (χ1) is 10.2. The summed E-state index contributed by atoms with van der Waals surface area (Å²) in [7, 11) is 0. The molecular weight excluding hydrogens is 281 g/mol. The zero-order chi connectivity index (χ0) is 14.8. The second-order valence-corrected chi connectivity index (χ2v) is 6.85. The molecule has 1 nitrogen and oxygen atoms in total. The van der Waals surface area contributed by atoms with Gasteiger partial charge in [-0.15, -0.1) is 11.8 Å². The zero-order valence-corrected chi connectivity index (χ0v) is 13.2. The van der Waals surface area contributed by atoms with Crippen molar-refractivity contribution in [1.29, 1.82) is 0 Å². The van der Waals surface area contributed by atoms with E-state index in [-0.39, 0.29) is 11.9 Å². The van der Waals surface area contributed by atoms with E-state index < -0.39 is 0 Å². The number of nitrogens with one attached hydrogen (secondary N) is 1. The van der Waals surface area contributed by atoms with Crippen LogP contribution in [0.3, 0.4) is 0 Å². The number of aryl methyl sites for hydroxylation is 1. The molecule has 2 unspecified atom stereocenters. The van der Waals surface area contributed by atoms with Gasteiger partial charge in [0, 0.05) is 16.2 Å². The van der Waals surface area contributed by atoms with Gasteiger partial charge in [0.2, 0.25) is 0 Å². The number of hydrogen-bond donors (Lipinski definition) is 1. The minimum atomic E-state index is -0.145. The quantitative estimate of drug-likeness (QED) is 0.892. The molecule has 0 aliphatic carbocycles. The van der Waals surface area contributed by atoms with Gasteiger partial charge in [-0.2, -0.15) is 0 Å². The molecule has 2 aromatic rings. The van der Waals surface area contributed by atoms with Crippen molar-refractivity contribution in [2.45, 2.75) is 36.5 Å². The molecular formula is C18H20FNS. The average Bonchev–Trinajstić information content (AvgIpc) is 2.87. The van der Waals surface area contributed by atoms with E-state index in [9.17, 15) is 4.39 Å². The van der Waals surface area contributed by atoms with Crippen molar-refractivity contribution >= 4 is 11.8 Å². The molecule has 0 amide bonds. The van der Waals surface area contributed by atoms with Gasteiger partial charge in [0.1, 0.15) is 5.82 Å². The van der Waals surface area contributed by atoms with E-state index >= 15 is 0 Å². The molecule has 1 N–H and O–H groups in total. The molecule has 0 bridgehead atoms. The topological polar surface area (TPSA) is 12.0 Å². The summed E-state index contributed by atoms with van der Waals surface area (Å²) in [5, 5.41) is 3.96. The Labute approximate surface area is 130 Å². The van der Waals surface area contributed by atoms with Crippen LogP contribution in [0.25, 0.3) is 0 Å². The highest BCUT2D eigenvalue weighted by molar-refractivity contribution is 8.00. The van der Waals surface area contributed by atoms with Crippen molar-refractivity contribution in [3.8, 4) is 0 Å². The number of hydrogen-bond acceptors (Lipinski definition) is 2. The maximum Gasteiger partial charge on any atom is 0.123 e. The summed E-state index contributed by atoms with van der Waals surface area (Å²) in [4.78, 5) is 1.36. The van der Waals surface area contributed by atoms with E-state index in [1.165, 1.54) is 10.5 Å². The fourth-order valence-corrected chi connectivity index (χ4v) is 4.46. The first kappa shape index (κ1) is 14.6. The second kappa shape index (κ2) is 6.20. The van der Waals surface area contributed by atoms with Gasteiger partial charge in [0.15, 0.2) is 0 Å². The summed E-state index contributed by atoms with van der Waals surface area (Å²) in [5.41, 5.74) is 3.44. The van der Waals surface area contributed by atoms with Crippen molar-refractivity contribution in [2.75, 3.05) is 6.54 Å². The van der Waals surface area contributed by atoms with Crippen LogP contribution >= 0.6 is 11.8 Å². The number of halogens is 1. The first-order valence-electron chi connectivity index (χ1n) is 7.42. The van der Waals surface area contributed by atoms with Crippen molar-refractivity contribution in [3.05, 3.63) is 65.0 Å². The van der Waals surface area contributed by atoms with E-state index in [1.807, 2.05) is 18.7 Å². The van der Waals surface area contributed by atoms with Gasteiger partial charge in [-0.1, -0.05) is 31.2 Å². The molecule has 3 heteroatoms. The minimum Gasteiger partial charge on any atom is -0.309 e. The maximum atomic E-state index is 13.7. The highest BCUT2D eigenvalue weighted by Gasteiger charge is 2.30. The Morgan fingerprint density at radius 3 is 2.81 bits per heavy atom. The van der Waals surface area contributed by atoms with Gasteiger partial charge in [-0.3, -0.25) is 0 Å². The Balaban J connectivity index is 1.89. The molecule has 1 aliphatic heterocycles. The highest BCUT2D eigenvalue weighted by Crippen LogP contribution is 2.42. The molecule has 0 radical (unpaired) electrons. The van der Waals surface area contributed by atoms with Gasteiger partial charge in [-0.25, -0.2) is 4.39 Å². The SMILES string of the molecule is CCNC(c1cc(C)cc(F)c1)C1Cc2ccccc2S1. The van der Waals surface area contributed by atoms with Crippen molar-refractivity contribution < 1.29 is 4.39 Å². The lowest BCUT2D eigenvalue weighted by atomic mass is 9.97. The monoisotopic (exact) mass is 301 g/mol. The lowest BCUT2D eigenvalue weighted by Crippen LogP contribution is -2.30. The molecule has 0 fully saturated rings. The van der Waals surface area contributed by atoms with E-state index in [2.05, 4.69) is 42.6 Å². The average molecular weight is 301 g/mol. The Kier molecular flexibility index (Phi) is 4.32. The highest BCUT2D eigenvalue weighted by atomic mass is 32.2. The molecule has 2 atom stereocenters. The van der Waals surface area contributed by atoms with Gasteiger partial charge in [-0.05, 0) is 54.8 Å².